The first-order valence-electron chi connectivity index (χ1n) is 14.8. The Labute approximate surface area is 263 Å². The normalized spacial score (nSPS) is 21.8. The second kappa shape index (κ2) is 10.9. The van der Waals surface area contributed by atoms with Crippen LogP contribution in [0.25, 0.3) is 22.2 Å². The number of halogens is 1. The van der Waals surface area contributed by atoms with Crippen molar-refractivity contribution in [2.24, 2.45) is 23.7 Å². The van der Waals surface area contributed by atoms with Crippen LogP contribution >= 0.6 is 15.9 Å². The number of amides is 2. The van der Waals surface area contributed by atoms with E-state index < -0.39 is 5.97 Å². The van der Waals surface area contributed by atoms with Gasteiger partial charge in [-0.1, -0.05) is 77.0 Å². The maximum Gasteiger partial charge on any atom is 0.339 e. The van der Waals surface area contributed by atoms with Crippen LogP contribution in [0, 0.1) is 30.6 Å². The quantitative estimate of drug-likeness (QED) is 0.0938. The number of hydrogen-bond acceptors (Lipinski definition) is 6. The third kappa shape index (κ3) is 4.68. The number of benzene rings is 3. The fraction of sp³-hybridized carbons (Fsp3) is 0.250. The summed E-state index contributed by atoms with van der Waals surface area (Å²) in [5.41, 5.74) is 5.19. The zero-order valence-electron chi connectivity index (χ0n) is 24.2. The molecule has 7 rings (SSSR count). The van der Waals surface area contributed by atoms with Gasteiger partial charge in [-0.25, -0.2) is 9.78 Å². The van der Waals surface area contributed by atoms with Gasteiger partial charge in [-0.05, 0) is 67.5 Å². The fourth-order valence-electron chi connectivity index (χ4n) is 6.92. The van der Waals surface area contributed by atoms with Crippen LogP contribution in [-0.4, -0.2) is 35.2 Å². The summed E-state index contributed by atoms with van der Waals surface area (Å²) in [6, 6.07) is 19.7. The maximum atomic E-state index is 13.5. The zero-order valence-corrected chi connectivity index (χ0v) is 25.8. The van der Waals surface area contributed by atoms with Gasteiger partial charge in [0.15, 0.2) is 12.4 Å². The van der Waals surface area contributed by atoms with Crippen molar-refractivity contribution < 1.29 is 23.9 Å². The van der Waals surface area contributed by atoms with Crippen molar-refractivity contribution in [3.8, 4) is 11.3 Å². The largest absolute Gasteiger partial charge is 0.454 e. The molecule has 1 aliphatic heterocycles. The topological polar surface area (TPSA) is 93.6 Å². The molecule has 1 aromatic heterocycles. The second-order valence-electron chi connectivity index (χ2n) is 11.8. The van der Waals surface area contributed by atoms with Crippen molar-refractivity contribution in [1.82, 2.24) is 4.98 Å². The molecule has 1 saturated carbocycles. The van der Waals surface area contributed by atoms with Gasteiger partial charge in [-0.15, -0.1) is 0 Å². The number of esters is 1. The summed E-state index contributed by atoms with van der Waals surface area (Å²) in [7, 11) is 0. The Kier molecular flexibility index (Phi) is 7.04. The standard InChI is InChI=1S/C36H29BrN2O5/c1-3-20-15-25(37)16-27-28(36(43)44-18-30(40)22-6-4-19(2)5-7-22)17-29(38-33(20)27)21-10-12-26(13-11-21)39-34(41)31-23-8-9-24(14-23)32(31)35(39)42/h4-13,15-17,23-24,31-32H,3,14,18H2,1-2H3. The number of carbonyl (C=O) groups is 4. The van der Waals surface area contributed by atoms with E-state index in [0.717, 1.165) is 22.0 Å². The lowest BCUT2D eigenvalue weighted by Crippen LogP contribution is -2.32. The molecule has 3 aromatic carbocycles. The Morgan fingerprint density at radius 2 is 1.59 bits per heavy atom. The van der Waals surface area contributed by atoms with E-state index in [-0.39, 0.29) is 47.9 Å². The van der Waals surface area contributed by atoms with E-state index in [4.69, 9.17) is 9.72 Å². The van der Waals surface area contributed by atoms with Gasteiger partial charge < -0.3 is 4.74 Å². The summed E-state index contributed by atoms with van der Waals surface area (Å²) in [4.78, 5) is 59.1. The third-order valence-electron chi connectivity index (χ3n) is 9.16. The first kappa shape index (κ1) is 28.3. The average Bonchev–Trinajstić information content (AvgIpc) is 3.72. The number of aryl methyl sites for hydroxylation is 2. The summed E-state index contributed by atoms with van der Waals surface area (Å²) in [6.45, 7) is 3.57. The van der Waals surface area contributed by atoms with Crippen LogP contribution in [0.2, 0.25) is 0 Å². The van der Waals surface area contributed by atoms with Crippen LogP contribution in [-0.2, 0) is 20.7 Å². The molecule has 2 aliphatic carbocycles. The van der Waals surface area contributed by atoms with Gasteiger partial charge >= 0.3 is 5.97 Å². The molecule has 3 aliphatic rings. The SMILES string of the molecule is CCc1cc(Br)cc2c(C(=O)OCC(=O)c3ccc(C)cc3)cc(-c3ccc(N4C(=O)C5C6C=CC(C6)C5C4=O)cc3)nc12. The molecule has 8 heteroatoms. The minimum Gasteiger partial charge on any atom is -0.454 e. The van der Waals surface area contributed by atoms with Crippen LogP contribution in [0.15, 0.2) is 83.4 Å². The monoisotopic (exact) mass is 648 g/mol. The Hall–Kier alpha value is -4.43. The molecular formula is C36H29BrN2O5. The lowest BCUT2D eigenvalue weighted by atomic mass is 9.85. The summed E-state index contributed by atoms with van der Waals surface area (Å²) < 4.78 is 6.34. The molecule has 1 saturated heterocycles. The highest BCUT2D eigenvalue weighted by atomic mass is 79.9. The number of nitrogens with zero attached hydrogens (tertiary/aromatic N) is 2. The number of carbonyl (C=O) groups excluding carboxylic acids is 4. The number of ketones is 1. The van der Waals surface area contributed by atoms with E-state index in [1.165, 1.54) is 4.90 Å². The molecule has 220 valence electrons. The highest BCUT2D eigenvalue weighted by Crippen LogP contribution is 2.53. The minimum atomic E-state index is -0.626. The molecule has 4 atom stereocenters. The smallest absolute Gasteiger partial charge is 0.339 e. The van der Waals surface area contributed by atoms with E-state index in [9.17, 15) is 19.2 Å². The zero-order chi connectivity index (χ0) is 30.7. The highest BCUT2D eigenvalue weighted by Gasteiger charge is 2.59. The predicted molar refractivity (Wildman–Crippen MR) is 170 cm³/mol. The van der Waals surface area contributed by atoms with Crippen molar-refractivity contribution in [2.75, 3.05) is 11.5 Å². The molecule has 2 heterocycles. The number of pyridine rings is 1. The van der Waals surface area contributed by atoms with Crippen LogP contribution in [0.1, 0.15) is 45.2 Å². The van der Waals surface area contributed by atoms with E-state index in [0.29, 0.717) is 45.4 Å². The van der Waals surface area contributed by atoms with Crippen LogP contribution in [0.5, 0.6) is 0 Å². The summed E-state index contributed by atoms with van der Waals surface area (Å²) in [5.74, 6) is -1.42. The van der Waals surface area contributed by atoms with Crippen LogP contribution in [0.4, 0.5) is 5.69 Å². The molecule has 0 radical (unpaired) electrons. The number of imide groups is 1. The number of fused-ring (bicyclic) bond motifs is 6. The summed E-state index contributed by atoms with van der Waals surface area (Å²) >= 11 is 3.55. The Morgan fingerprint density at radius 3 is 2.23 bits per heavy atom. The number of rotatable bonds is 7. The van der Waals surface area contributed by atoms with Crippen molar-refractivity contribution in [3.05, 3.63) is 106 Å². The van der Waals surface area contributed by atoms with Gasteiger partial charge in [0.25, 0.3) is 0 Å². The number of allylic oxidation sites excluding steroid dienone is 2. The molecule has 2 bridgehead atoms. The van der Waals surface area contributed by atoms with E-state index in [1.54, 1.807) is 30.3 Å². The first-order chi connectivity index (χ1) is 21.2. The Morgan fingerprint density at radius 1 is 0.932 bits per heavy atom. The molecule has 0 N–H and O–H groups in total. The van der Waals surface area contributed by atoms with Crippen LogP contribution < -0.4 is 4.90 Å². The van der Waals surface area contributed by atoms with Crippen LogP contribution in [0.3, 0.4) is 0 Å². The Balaban J connectivity index is 1.20. The Bertz CT molecular complexity index is 1870. The number of Topliss-reactive ketones (excluding diaryl/α,β-unsaturated/α-hetero) is 1. The molecule has 2 fully saturated rings. The number of ether oxygens (including phenoxy) is 1. The molecule has 7 nitrogen and oxygen atoms in total. The second-order valence-corrected chi connectivity index (χ2v) is 12.7. The van der Waals surface area contributed by atoms with E-state index >= 15 is 0 Å². The first-order valence-corrected chi connectivity index (χ1v) is 15.6. The lowest BCUT2D eigenvalue weighted by Gasteiger charge is -2.18. The molecule has 4 aromatic rings. The van der Waals surface area contributed by atoms with Gasteiger partial charge in [-0.3, -0.25) is 19.3 Å². The van der Waals surface area contributed by atoms with Gasteiger partial charge in [-0.2, -0.15) is 0 Å². The van der Waals surface area contributed by atoms with Crippen molar-refractivity contribution in [2.45, 2.75) is 26.7 Å². The minimum absolute atomic E-state index is 0.128. The van der Waals surface area contributed by atoms with Crippen molar-refractivity contribution in [3.63, 3.8) is 0 Å². The van der Waals surface area contributed by atoms with Gasteiger partial charge in [0.05, 0.1) is 34.3 Å². The molecule has 4 unspecified atom stereocenters. The van der Waals surface area contributed by atoms with E-state index in [1.807, 2.05) is 50.2 Å². The van der Waals surface area contributed by atoms with E-state index in [2.05, 4.69) is 28.1 Å². The predicted octanol–water partition coefficient (Wildman–Crippen LogP) is 6.89. The third-order valence-corrected chi connectivity index (χ3v) is 9.62. The summed E-state index contributed by atoms with van der Waals surface area (Å²) in [6.07, 6.45) is 5.73. The molecule has 0 spiro atoms. The molecule has 2 amide bonds. The summed E-state index contributed by atoms with van der Waals surface area (Å²) in [5, 5.41) is 0.618. The van der Waals surface area contributed by atoms with Gasteiger partial charge in [0.2, 0.25) is 11.8 Å². The highest BCUT2D eigenvalue weighted by molar-refractivity contribution is 9.10. The van der Waals surface area contributed by atoms with Gasteiger partial charge in [0, 0.05) is 21.0 Å². The number of aromatic nitrogens is 1. The number of anilines is 1. The maximum absolute atomic E-state index is 13.5. The average molecular weight is 650 g/mol. The fourth-order valence-corrected chi connectivity index (χ4v) is 7.42. The lowest BCUT2D eigenvalue weighted by molar-refractivity contribution is -0.123. The molecular weight excluding hydrogens is 620 g/mol. The van der Waals surface area contributed by atoms with Crippen molar-refractivity contribution >= 4 is 56.1 Å². The van der Waals surface area contributed by atoms with Gasteiger partial charge in [0.1, 0.15) is 0 Å². The molecule has 44 heavy (non-hydrogen) atoms. The van der Waals surface area contributed by atoms with Crippen molar-refractivity contribution in [1.29, 1.82) is 0 Å². The number of hydrogen-bond donors (Lipinski definition) is 0.